The van der Waals surface area contributed by atoms with Crippen molar-refractivity contribution in [2.24, 2.45) is 5.92 Å². The zero-order chi connectivity index (χ0) is 24.3. The molecule has 2 amide bonds. The molecule has 0 spiro atoms. The molecule has 0 aromatic rings. The highest BCUT2D eigenvalue weighted by atomic mass is 28.4. The summed E-state index contributed by atoms with van der Waals surface area (Å²) in [4.78, 5) is 39.1. The van der Waals surface area contributed by atoms with Crippen molar-refractivity contribution in [2.45, 2.75) is 90.2 Å². The van der Waals surface area contributed by atoms with E-state index in [1.165, 1.54) is 6.08 Å². The maximum atomic E-state index is 12.9. The zero-order valence-electron chi connectivity index (χ0n) is 20.7. The van der Waals surface area contributed by atoms with Gasteiger partial charge in [-0.1, -0.05) is 39.5 Å². The van der Waals surface area contributed by atoms with Crippen LogP contribution in [0.5, 0.6) is 0 Å². The second-order valence-electron chi connectivity index (χ2n) is 10.5. The van der Waals surface area contributed by atoms with Crippen LogP contribution in [-0.2, 0) is 18.8 Å². The van der Waals surface area contributed by atoms with E-state index in [1.54, 1.807) is 11.8 Å². The number of carbonyl (C=O) groups excluding carboxylic acids is 3. The number of ketones is 1. The van der Waals surface area contributed by atoms with Crippen molar-refractivity contribution in [1.29, 1.82) is 0 Å². The predicted octanol–water partition coefficient (Wildman–Crippen LogP) is 4.20. The normalized spacial score (nSPS) is 25.1. The molecule has 0 radical (unpaired) electrons. The van der Waals surface area contributed by atoms with Crippen molar-refractivity contribution >= 4 is 26.1 Å². The Kier molecular flexibility index (Phi) is 8.50. The highest BCUT2D eigenvalue weighted by molar-refractivity contribution is 6.74. The summed E-state index contributed by atoms with van der Waals surface area (Å²) in [7, 11) is -2.02. The first kappa shape index (κ1) is 26.3. The number of carbonyl (C=O) groups is 3. The van der Waals surface area contributed by atoms with Crippen LogP contribution in [0, 0.1) is 5.92 Å². The van der Waals surface area contributed by atoms with Gasteiger partial charge in [0.05, 0.1) is 24.1 Å². The summed E-state index contributed by atoms with van der Waals surface area (Å²) in [6.45, 7) is 18.9. The van der Waals surface area contributed by atoms with Crippen LogP contribution in [0.2, 0.25) is 18.1 Å². The molecule has 4 atom stereocenters. The van der Waals surface area contributed by atoms with Crippen molar-refractivity contribution in [3.05, 3.63) is 24.3 Å². The summed E-state index contributed by atoms with van der Waals surface area (Å²) >= 11 is 0. The van der Waals surface area contributed by atoms with E-state index in [1.807, 2.05) is 13.0 Å². The molecule has 1 N–H and O–H groups in total. The third-order valence-corrected chi connectivity index (χ3v) is 11.6. The highest BCUT2D eigenvalue weighted by Crippen LogP contribution is 2.39. The largest absolute Gasteiger partial charge is 0.445 e. The van der Waals surface area contributed by atoms with Crippen molar-refractivity contribution < 1.29 is 23.5 Å². The summed E-state index contributed by atoms with van der Waals surface area (Å²) in [5, 5.41) is 2.93. The third-order valence-electron chi connectivity index (χ3n) is 7.00. The Hall–Kier alpha value is -1.93. The number of amides is 2. The number of β-lactam (4-membered cyclic amide) rings is 1. The Labute approximate surface area is 193 Å². The molecule has 2 fully saturated rings. The molecular weight excluding hydrogens is 424 g/mol. The van der Waals surface area contributed by atoms with Gasteiger partial charge in [0.1, 0.15) is 6.61 Å². The SMILES string of the molecule is C=CCOC(=O)N1CCC[C@@H]1C=C(C)C(=O)C[C@H]1NC(=O)[C@@H]1[C@@H](C)O[Si](C)(C)C(C)(C)C. The second kappa shape index (κ2) is 10.3. The van der Waals surface area contributed by atoms with E-state index in [-0.39, 0.29) is 60.0 Å². The number of Topliss-reactive ketones (excluding diaryl/α,β-unsaturated/α-hetero) is 1. The maximum Gasteiger partial charge on any atom is 0.410 e. The minimum atomic E-state index is -2.02. The van der Waals surface area contributed by atoms with Gasteiger partial charge in [-0.05, 0) is 50.4 Å². The lowest BCUT2D eigenvalue weighted by molar-refractivity contribution is -0.141. The number of allylic oxidation sites excluding steroid dienone is 1. The van der Waals surface area contributed by atoms with Gasteiger partial charge in [0.15, 0.2) is 14.1 Å². The molecule has 8 heteroatoms. The van der Waals surface area contributed by atoms with Crippen LogP contribution in [-0.4, -0.2) is 62.3 Å². The van der Waals surface area contributed by atoms with Gasteiger partial charge in [-0.15, -0.1) is 0 Å². The first-order valence-corrected chi connectivity index (χ1v) is 14.4. The molecule has 0 saturated carbocycles. The summed E-state index contributed by atoms with van der Waals surface area (Å²) < 4.78 is 11.6. The quantitative estimate of drug-likeness (QED) is 0.239. The van der Waals surface area contributed by atoms with Gasteiger partial charge in [-0.3, -0.25) is 9.59 Å². The lowest BCUT2D eigenvalue weighted by Gasteiger charge is -2.45. The summed E-state index contributed by atoms with van der Waals surface area (Å²) in [6, 6.07) is -0.376. The van der Waals surface area contributed by atoms with Crippen LogP contribution in [0.3, 0.4) is 0 Å². The Morgan fingerprint density at radius 3 is 2.56 bits per heavy atom. The molecule has 2 aliphatic rings. The Bertz CT molecular complexity index is 771. The van der Waals surface area contributed by atoms with Crippen molar-refractivity contribution in [3.8, 4) is 0 Å². The van der Waals surface area contributed by atoms with Gasteiger partial charge in [0.2, 0.25) is 5.91 Å². The Morgan fingerprint density at radius 1 is 1.34 bits per heavy atom. The minimum absolute atomic E-state index is 0.0224. The fourth-order valence-corrected chi connectivity index (χ4v) is 5.47. The predicted molar refractivity (Wildman–Crippen MR) is 128 cm³/mol. The molecule has 0 aromatic heterocycles. The maximum absolute atomic E-state index is 12.9. The average molecular weight is 465 g/mol. The van der Waals surface area contributed by atoms with E-state index in [2.05, 4.69) is 45.8 Å². The molecule has 2 heterocycles. The topological polar surface area (TPSA) is 84.9 Å². The van der Waals surface area contributed by atoms with Gasteiger partial charge in [-0.2, -0.15) is 0 Å². The van der Waals surface area contributed by atoms with Crippen LogP contribution in [0.15, 0.2) is 24.3 Å². The lowest BCUT2D eigenvalue weighted by Crippen LogP contribution is -2.64. The van der Waals surface area contributed by atoms with E-state index in [9.17, 15) is 14.4 Å². The summed E-state index contributed by atoms with van der Waals surface area (Å²) in [5.41, 5.74) is 0.608. The Balaban J connectivity index is 1.99. The van der Waals surface area contributed by atoms with Crippen LogP contribution in [0.25, 0.3) is 0 Å². The van der Waals surface area contributed by atoms with Crippen molar-refractivity contribution in [1.82, 2.24) is 10.2 Å². The fourth-order valence-electron chi connectivity index (χ4n) is 4.04. The number of hydrogen-bond donors (Lipinski definition) is 1. The summed E-state index contributed by atoms with van der Waals surface area (Å²) in [6.07, 6.45) is 4.67. The second-order valence-corrected chi connectivity index (χ2v) is 15.2. The molecule has 7 nitrogen and oxygen atoms in total. The molecular formula is C24H40N2O5Si. The minimum Gasteiger partial charge on any atom is -0.445 e. The van der Waals surface area contributed by atoms with Gasteiger partial charge in [0, 0.05) is 13.0 Å². The van der Waals surface area contributed by atoms with Crippen LogP contribution in [0.4, 0.5) is 4.79 Å². The van der Waals surface area contributed by atoms with E-state index in [4.69, 9.17) is 9.16 Å². The third kappa shape index (κ3) is 6.10. The first-order valence-electron chi connectivity index (χ1n) is 11.5. The molecule has 0 bridgehead atoms. The van der Waals surface area contributed by atoms with E-state index in [0.29, 0.717) is 12.1 Å². The van der Waals surface area contributed by atoms with Crippen LogP contribution < -0.4 is 5.32 Å². The molecule has 2 aliphatic heterocycles. The van der Waals surface area contributed by atoms with Gasteiger partial charge < -0.3 is 19.4 Å². The van der Waals surface area contributed by atoms with Crippen LogP contribution in [0.1, 0.15) is 53.9 Å². The number of likely N-dealkylation sites (tertiary alicyclic amines) is 1. The monoisotopic (exact) mass is 464 g/mol. The average Bonchev–Trinajstić information content (AvgIpc) is 3.11. The van der Waals surface area contributed by atoms with E-state index in [0.717, 1.165) is 12.8 Å². The lowest BCUT2D eigenvalue weighted by atomic mass is 9.82. The van der Waals surface area contributed by atoms with E-state index < -0.39 is 8.32 Å². The highest BCUT2D eigenvalue weighted by Gasteiger charge is 2.48. The molecule has 2 rings (SSSR count). The number of hydrogen-bond acceptors (Lipinski definition) is 5. The molecule has 0 aliphatic carbocycles. The molecule has 180 valence electrons. The number of rotatable bonds is 9. The van der Waals surface area contributed by atoms with E-state index >= 15 is 0 Å². The van der Waals surface area contributed by atoms with Gasteiger partial charge in [0.25, 0.3) is 0 Å². The molecule has 32 heavy (non-hydrogen) atoms. The smallest absolute Gasteiger partial charge is 0.410 e. The Morgan fingerprint density at radius 2 is 2.00 bits per heavy atom. The number of nitrogens with one attached hydrogen (secondary N) is 1. The van der Waals surface area contributed by atoms with Gasteiger partial charge in [-0.25, -0.2) is 4.79 Å². The van der Waals surface area contributed by atoms with Crippen molar-refractivity contribution in [2.75, 3.05) is 13.2 Å². The standard InChI is InChI=1S/C24H40N2O5Si/c1-9-13-30-23(29)26-12-10-11-18(26)14-16(2)20(27)15-19-21(22(28)25-19)17(3)31-32(7,8)24(4,5)6/h9,14,17-19,21H,1,10-13,15H2,2-8H3,(H,25,28)/t17-,18-,19-,21-/m1/s1. The fraction of sp³-hybridized carbons (Fsp3) is 0.708. The zero-order valence-corrected chi connectivity index (χ0v) is 21.7. The molecule has 0 aromatic carbocycles. The summed E-state index contributed by atoms with van der Waals surface area (Å²) in [5.74, 6) is -0.397. The van der Waals surface area contributed by atoms with Crippen molar-refractivity contribution in [3.63, 3.8) is 0 Å². The first-order chi connectivity index (χ1) is 14.8. The number of nitrogens with zero attached hydrogens (tertiary/aromatic N) is 1. The molecule has 0 unspecified atom stereocenters. The van der Waals surface area contributed by atoms with Gasteiger partial charge >= 0.3 is 6.09 Å². The van der Waals surface area contributed by atoms with Crippen LogP contribution >= 0.6 is 0 Å². The number of ether oxygens (including phenoxy) is 1. The molecule has 2 saturated heterocycles.